The van der Waals surface area contributed by atoms with E-state index in [2.05, 4.69) is 26.7 Å². The molecule has 41 heavy (non-hydrogen) atoms. The zero-order valence-electron chi connectivity index (χ0n) is 23.0. The number of nitrogens with zero attached hydrogens (tertiary/aromatic N) is 4. The molecule has 2 fully saturated rings. The summed E-state index contributed by atoms with van der Waals surface area (Å²) < 4.78 is 22.6. The molecule has 0 bridgehead atoms. The summed E-state index contributed by atoms with van der Waals surface area (Å²) in [5.41, 5.74) is 2.45. The topological polar surface area (TPSA) is 126 Å². The molecular formula is C30H28ClFN6O3. The third-order valence-corrected chi connectivity index (χ3v) is 7.80. The Balaban J connectivity index is 1.44. The van der Waals surface area contributed by atoms with Crippen LogP contribution < -0.4 is 10.9 Å². The third-order valence-electron chi connectivity index (χ3n) is 7.53. The highest BCUT2D eigenvalue weighted by Gasteiger charge is 2.43. The van der Waals surface area contributed by atoms with E-state index in [-0.39, 0.29) is 39.6 Å². The van der Waals surface area contributed by atoms with Gasteiger partial charge in [0.05, 0.1) is 39.1 Å². The number of ether oxygens (including phenoxy) is 1. The average Bonchev–Trinajstić information content (AvgIpc) is 3.83. The van der Waals surface area contributed by atoms with Crippen molar-refractivity contribution in [3.8, 4) is 28.5 Å². The lowest BCUT2D eigenvalue weighted by molar-refractivity contribution is 0.0522. The number of aromatic nitrogens is 4. The van der Waals surface area contributed by atoms with E-state index in [1.807, 2.05) is 6.07 Å². The van der Waals surface area contributed by atoms with Gasteiger partial charge in [0, 0.05) is 30.0 Å². The van der Waals surface area contributed by atoms with Crippen molar-refractivity contribution in [2.45, 2.75) is 63.5 Å². The summed E-state index contributed by atoms with van der Waals surface area (Å²) >= 11 is 6.33. The number of fused-ring (bicyclic) bond motifs is 1. The first-order chi connectivity index (χ1) is 19.5. The van der Waals surface area contributed by atoms with Crippen LogP contribution in [0.2, 0.25) is 5.02 Å². The number of hydrogen-bond acceptors (Lipinski definition) is 6. The molecule has 11 heteroatoms. The Morgan fingerprint density at radius 3 is 2.71 bits per heavy atom. The van der Waals surface area contributed by atoms with E-state index in [4.69, 9.17) is 16.3 Å². The van der Waals surface area contributed by atoms with Crippen LogP contribution in [0.5, 0.6) is 0 Å². The molecule has 4 aromatic rings. The summed E-state index contributed by atoms with van der Waals surface area (Å²) in [6.07, 6.45) is 3.59. The lowest BCUT2D eigenvalue weighted by atomic mass is 9.92. The van der Waals surface area contributed by atoms with Gasteiger partial charge in [-0.25, -0.2) is 14.3 Å². The molecule has 2 aliphatic carbocycles. The largest absolute Gasteiger partial charge is 0.444 e. The number of aromatic amines is 1. The van der Waals surface area contributed by atoms with Crippen LogP contribution in [0, 0.1) is 17.1 Å². The maximum absolute atomic E-state index is 15.7. The summed E-state index contributed by atoms with van der Waals surface area (Å²) in [6.45, 7) is 5.39. The highest BCUT2D eigenvalue weighted by atomic mass is 35.5. The Labute approximate surface area is 240 Å². The van der Waals surface area contributed by atoms with Crippen molar-refractivity contribution in [3.63, 3.8) is 0 Å². The molecule has 1 amide bonds. The van der Waals surface area contributed by atoms with Gasteiger partial charge in [-0.05, 0) is 75.3 Å². The molecule has 2 unspecified atom stereocenters. The molecule has 2 N–H and O–H groups in total. The molecule has 9 nitrogen and oxygen atoms in total. The molecule has 0 spiro atoms. The quantitative estimate of drug-likeness (QED) is 0.305. The van der Waals surface area contributed by atoms with Gasteiger partial charge < -0.3 is 10.1 Å². The summed E-state index contributed by atoms with van der Waals surface area (Å²) in [6, 6.07) is 8.87. The molecule has 2 atom stereocenters. The second kappa shape index (κ2) is 9.70. The van der Waals surface area contributed by atoms with Crippen LogP contribution in [0.25, 0.3) is 33.2 Å². The molecule has 2 aromatic heterocycles. The van der Waals surface area contributed by atoms with E-state index < -0.39 is 17.5 Å². The van der Waals surface area contributed by atoms with Gasteiger partial charge in [-0.1, -0.05) is 17.7 Å². The summed E-state index contributed by atoms with van der Waals surface area (Å²) in [4.78, 5) is 25.0. The summed E-state index contributed by atoms with van der Waals surface area (Å²) in [7, 11) is 1.69. The Hall–Kier alpha value is -4.23. The summed E-state index contributed by atoms with van der Waals surface area (Å²) in [5, 5.41) is 25.3. The van der Waals surface area contributed by atoms with Crippen LogP contribution in [0.1, 0.15) is 68.7 Å². The maximum atomic E-state index is 15.7. The number of aryl methyl sites for hydroxylation is 1. The van der Waals surface area contributed by atoms with Crippen molar-refractivity contribution >= 4 is 28.5 Å². The van der Waals surface area contributed by atoms with Crippen LogP contribution in [0.4, 0.5) is 9.18 Å². The lowest BCUT2D eigenvalue weighted by Gasteiger charge is -2.19. The number of hydrogen-bond donors (Lipinski definition) is 2. The minimum absolute atomic E-state index is 0.0400. The van der Waals surface area contributed by atoms with Gasteiger partial charge in [0.1, 0.15) is 11.7 Å². The van der Waals surface area contributed by atoms with E-state index in [0.717, 1.165) is 18.4 Å². The first kappa shape index (κ1) is 27.0. The van der Waals surface area contributed by atoms with Gasteiger partial charge in [-0.2, -0.15) is 15.5 Å². The predicted octanol–water partition coefficient (Wildman–Crippen LogP) is 5.91. The van der Waals surface area contributed by atoms with Crippen molar-refractivity contribution in [1.29, 1.82) is 5.26 Å². The van der Waals surface area contributed by atoms with Crippen molar-refractivity contribution in [3.05, 3.63) is 68.5 Å². The van der Waals surface area contributed by atoms with E-state index in [9.17, 15) is 14.9 Å². The van der Waals surface area contributed by atoms with Gasteiger partial charge in [0.25, 0.3) is 5.56 Å². The molecule has 6 rings (SSSR count). The number of amides is 1. The van der Waals surface area contributed by atoms with Crippen LogP contribution in [-0.2, 0) is 11.8 Å². The molecular weight excluding hydrogens is 547 g/mol. The highest BCUT2D eigenvalue weighted by Crippen LogP contribution is 2.48. The number of benzene rings is 2. The number of alkyl carbamates (subject to hydrolysis) is 1. The minimum atomic E-state index is -0.675. The van der Waals surface area contributed by atoms with Crippen LogP contribution in [0.3, 0.4) is 0 Å². The SMILES string of the molecule is Cn1ncc(-c2ccc3c(=O)[nH]nc(C4CC4NC(=O)OC(C)(C)C)c3c2)c1-c1c(F)c(Cl)cc(C2CC2)c1C#N. The Morgan fingerprint density at radius 1 is 1.27 bits per heavy atom. The molecule has 2 aliphatic rings. The third kappa shape index (κ3) is 4.95. The number of nitriles is 1. The van der Waals surface area contributed by atoms with Crippen LogP contribution >= 0.6 is 11.6 Å². The number of H-pyrrole nitrogens is 1. The Bertz CT molecular complexity index is 1830. The van der Waals surface area contributed by atoms with Gasteiger partial charge in [-0.15, -0.1) is 0 Å². The van der Waals surface area contributed by atoms with Crippen molar-refractivity contribution in [2.75, 3.05) is 0 Å². The van der Waals surface area contributed by atoms with Gasteiger partial charge in [0.2, 0.25) is 0 Å². The monoisotopic (exact) mass is 574 g/mol. The number of halogens is 2. The Kier molecular flexibility index (Phi) is 6.38. The van der Waals surface area contributed by atoms with E-state index in [0.29, 0.717) is 39.7 Å². The number of nitrogens with one attached hydrogen (secondary N) is 2. The zero-order chi connectivity index (χ0) is 29.2. The average molecular weight is 575 g/mol. The zero-order valence-corrected chi connectivity index (χ0v) is 23.8. The molecule has 210 valence electrons. The lowest BCUT2D eigenvalue weighted by Crippen LogP contribution is -2.34. The molecule has 0 aliphatic heterocycles. The van der Waals surface area contributed by atoms with Gasteiger partial charge >= 0.3 is 6.09 Å². The highest BCUT2D eigenvalue weighted by molar-refractivity contribution is 6.31. The number of rotatable bonds is 5. The van der Waals surface area contributed by atoms with Gasteiger partial charge in [-0.3, -0.25) is 9.48 Å². The fourth-order valence-electron chi connectivity index (χ4n) is 5.40. The second-order valence-corrected chi connectivity index (χ2v) is 12.1. The van der Waals surface area contributed by atoms with Crippen molar-refractivity contribution in [2.24, 2.45) is 7.05 Å². The second-order valence-electron chi connectivity index (χ2n) is 11.7. The Morgan fingerprint density at radius 2 is 2.02 bits per heavy atom. The molecule has 2 saturated carbocycles. The molecule has 2 aromatic carbocycles. The fraction of sp³-hybridized carbons (Fsp3) is 0.367. The first-order valence-electron chi connectivity index (χ1n) is 13.4. The van der Waals surface area contributed by atoms with Crippen LogP contribution in [0.15, 0.2) is 35.3 Å². The van der Waals surface area contributed by atoms with E-state index in [1.165, 1.54) is 4.68 Å². The first-order valence-corrected chi connectivity index (χ1v) is 13.8. The normalized spacial score (nSPS) is 18.3. The molecule has 2 heterocycles. The van der Waals surface area contributed by atoms with Crippen LogP contribution in [-0.4, -0.2) is 37.7 Å². The van der Waals surface area contributed by atoms with E-state index >= 15 is 4.39 Å². The fourth-order valence-corrected chi connectivity index (χ4v) is 5.61. The molecule has 0 saturated heterocycles. The van der Waals surface area contributed by atoms with E-state index in [1.54, 1.807) is 52.2 Å². The van der Waals surface area contributed by atoms with Crippen molar-refractivity contribution in [1.82, 2.24) is 25.3 Å². The maximum Gasteiger partial charge on any atom is 0.407 e. The standard InChI is InChI=1S/C30H28ClFN6O3/c1-30(2,3)41-29(40)35-23-11-19(23)26-18-9-15(7-8-16(18)28(39)37-36-26)21-13-34-38(4)27(21)24-20(12-33)17(14-5-6-14)10-22(31)25(24)32/h7-10,13-14,19,23H,5-6,11H2,1-4H3,(H,35,40)(H,37,39). The number of carbonyl (C=O) groups excluding carboxylic acids is 1. The van der Waals surface area contributed by atoms with Gasteiger partial charge in [0.15, 0.2) is 5.82 Å². The molecule has 0 radical (unpaired) electrons. The minimum Gasteiger partial charge on any atom is -0.444 e. The number of carbonyl (C=O) groups is 1. The smallest absolute Gasteiger partial charge is 0.407 e. The predicted molar refractivity (Wildman–Crippen MR) is 152 cm³/mol. The summed E-state index contributed by atoms with van der Waals surface area (Å²) in [5.74, 6) is -0.617. The van der Waals surface area contributed by atoms with Crippen molar-refractivity contribution < 1.29 is 13.9 Å².